The first-order valence-electron chi connectivity index (χ1n) is 2.25. The summed E-state index contributed by atoms with van der Waals surface area (Å²) in [6.45, 7) is 5.92. The minimum Gasteiger partial charge on any atom is -0.478 e. The van der Waals surface area contributed by atoms with Crippen LogP contribution in [0.4, 0.5) is 0 Å². The Hall–Kier alpha value is -1.62. The van der Waals surface area contributed by atoms with Gasteiger partial charge in [0.15, 0.2) is 0 Å². The predicted octanol–water partition coefficient (Wildman–Crippen LogP) is 0.676. The Morgan fingerprint density at radius 2 is 1.09 bits per heavy atom. The van der Waals surface area contributed by atoms with E-state index in [9.17, 15) is 9.59 Å². The van der Waals surface area contributed by atoms with Crippen molar-refractivity contribution in [2.24, 2.45) is 0 Å². The number of rotatable bonds is 2. The third-order valence-corrected chi connectivity index (χ3v) is 0.349. The summed E-state index contributed by atoms with van der Waals surface area (Å²) in [5, 5.41) is 15.2. The second kappa shape index (κ2) is 11.2. The molecule has 0 aliphatic carbocycles. The number of hydrogen-bond acceptors (Lipinski definition) is 3. The zero-order chi connectivity index (χ0) is 8.57. The Bertz CT molecular complexity index is 135. The van der Waals surface area contributed by atoms with Gasteiger partial charge < -0.3 is 16.4 Å². The minimum atomic E-state index is -0.981. The van der Waals surface area contributed by atoms with Crippen LogP contribution in [-0.2, 0) is 9.59 Å². The Labute approximate surface area is 64.2 Å². The lowest BCUT2D eigenvalue weighted by Crippen LogP contribution is -1.82. The number of carboxylic acids is 2. The third-order valence-electron chi connectivity index (χ3n) is 0.349. The lowest BCUT2D eigenvalue weighted by atomic mass is 10.7. The van der Waals surface area contributed by atoms with E-state index in [2.05, 4.69) is 13.2 Å². The van der Waals surface area contributed by atoms with Crippen LogP contribution in [0.25, 0.3) is 0 Å². The Morgan fingerprint density at radius 1 is 1.00 bits per heavy atom. The molecule has 0 radical (unpaired) electrons. The van der Waals surface area contributed by atoms with Crippen molar-refractivity contribution in [2.75, 3.05) is 0 Å². The molecule has 0 fully saturated rings. The average Bonchev–Trinajstić information content (AvgIpc) is 1.89. The van der Waals surface area contributed by atoms with E-state index < -0.39 is 11.9 Å². The van der Waals surface area contributed by atoms with Crippen LogP contribution >= 0.6 is 0 Å². The van der Waals surface area contributed by atoms with Crippen LogP contribution in [0.5, 0.6) is 0 Å². The summed E-state index contributed by atoms with van der Waals surface area (Å²) in [4.78, 5) is 18.5. The molecule has 0 saturated carbocycles. The molecular formula is C6H11NO4. The number of carbonyl (C=O) groups is 2. The second-order valence-electron chi connectivity index (χ2n) is 1.08. The van der Waals surface area contributed by atoms with Gasteiger partial charge in [-0.1, -0.05) is 13.2 Å². The highest BCUT2D eigenvalue weighted by molar-refractivity contribution is 5.79. The fourth-order valence-electron chi connectivity index (χ4n) is 0. The van der Waals surface area contributed by atoms with Crippen LogP contribution in [0.15, 0.2) is 25.3 Å². The van der Waals surface area contributed by atoms with Crippen molar-refractivity contribution in [3.8, 4) is 0 Å². The molecule has 0 aromatic carbocycles. The first-order valence-corrected chi connectivity index (χ1v) is 2.25. The number of hydrogen-bond donors (Lipinski definition) is 3. The van der Waals surface area contributed by atoms with Crippen LogP contribution in [0.1, 0.15) is 0 Å². The smallest absolute Gasteiger partial charge is 0.327 e. The maximum absolute atomic E-state index is 9.25. The highest BCUT2D eigenvalue weighted by Crippen LogP contribution is 1.55. The normalized spacial score (nSPS) is 5.82. The van der Waals surface area contributed by atoms with Gasteiger partial charge in [-0.2, -0.15) is 0 Å². The van der Waals surface area contributed by atoms with Gasteiger partial charge in [0, 0.05) is 12.2 Å². The minimum absolute atomic E-state index is 0. The van der Waals surface area contributed by atoms with Gasteiger partial charge >= 0.3 is 11.9 Å². The molecule has 0 bridgehead atoms. The molecule has 0 aromatic heterocycles. The molecule has 0 aliphatic rings. The summed E-state index contributed by atoms with van der Waals surface area (Å²) in [5.41, 5.74) is 0. The third kappa shape index (κ3) is 60.2. The molecule has 11 heavy (non-hydrogen) atoms. The monoisotopic (exact) mass is 161 g/mol. The fraction of sp³-hybridized carbons (Fsp3) is 0. The standard InChI is InChI=1S/2C3H4O2.H3N/c2*1-2-3(4)5;/h2*2H,1H2,(H,4,5);1H3. The van der Waals surface area contributed by atoms with Crippen molar-refractivity contribution < 1.29 is 19.8 Å². The van der Waals surface area contributed by atoms with Crippen molar-refractivity contribution in [3.63, 3.8) is 0 Å². The maximum atomic E-state index is 9.25. The van der Waals surface area contributed by atoms with Gasteiger partial charge in [0.1, 0.15) is 0 Å². The van der Waals surface area contributed by atoms with Crippen LogP contribution in [0.3, 0.4) is 0 Å². The van der Waals surface area contributed by atoms with Gasteiger partial charge in [0.2, 0.25) is 0 Å². The second-order valence-corrected chi connectivity index (χ2v) is 1.08. The lowest BCUT2D eigenvalue weighted by molar-refractivity contribution is -0.132. The molecule has 5 nitrogen and oxygen atoms in total. The molecule has 5 heteroatoms. The van der Waals surface area contributed by atoms with E-state index >= 15 is 0 Å². The van der Waals surface area contributed by atoms with Crippen molar-refractivity contribution in [3.05, 3.63) is 25.3 Å². The van der Waals surface area contributed by atoms with Gasteiger partial charge in [0.25, 0.3) is 0 Å². The molecule has 64 valence electrons. The molecule has 0 atom stereocenters. The van der Waals surface area contributed by atoms with Crippen LogP contribution in [0, 0.1) is 0 Å². The maximum Gasteiger partial charge on any atom is 0.327 e. The zero-order valence-corrected chi connectivity index (χ0v) is 5.99. The quantitative estimate of drug-likeness (QED) is 0.515. The molecule has 0 aliphatic heterocycles. The van der Waals surface area contributed by atoms with Crippen molar-refractivity contribution in [1.82, 2.24) is 6.15 Å². The van der Waals surface area contributed by atoms with Crippen LogP contribution in [0.2, 0.25) is 0 Å². The van der Waals surface area contributed by atoms with Crippen molar-refractivity contribution in [1.29, 1.82) is 0 Å². The van der Waals surface area contributed by atoms with E-state index in [0.29, 0.717) is 0 Å². The summed E-state index contributed by atoms with van der Waals surface area (Å²) in [6, 6.07) is 0. The molecule has 0 amide bonds. The largest absolute Gasteiger partial charge is 0.478 e. The van der Waals surface area contributed by atoms with Crippen LogP contribution < -0.4 is 6.15 Å². The molecule has 0 spiro atoms. The molecule has 0 saturated heterocycles. The summed E-state index contributed by atoms with van der Waals surface area (Å²) < 4.78 is 0. The first kappa shape index (κ1) is 16.2. The molecule has 5 N–H and O–H groups in total. The lowest BCUT2D eigenvalue weighted by Gasteiger charge is -1.64. The van der Waals surface area contributed by atoms with Gasteiger partial charge in [-0.05, 0) is 0 Å². The first-order chi connectivity index (χ1) is 4.54. The van der Waals surface area contributed by atoms with E-state index in [0.717, 1.165) is 12.2 Å². The zero-order valence-electron chi connectivity index (χ0n) is 5.99. The van der Waals surface area contributed by atoms with Crippen LogP contribution in [-0.4, -0.2) is 22.2 Å². The highest BCUT2D eigenvalue weighted by atomic mass is 16.4. The molecular weight excluding hydrogens is 150 g/mol. The van der Waals surface area contributed by atoms with E-state index in [4.69, 9.17) is 10.2 Å². The van der Waals surface area contributed by atoms with Crippen molar-refractivity contribution >= 4 is 11.9 Å². The molecule has 0 unspecified atom stereocenters. The summed E-state index contributed by atoms with van der Waals surface area (Å²) in [7, 11) is 0. The van der Waals surface area contributed by atoms with Gasteiger partial charge in [-0.25, -0.2) is 9.59 Å². The Kier molecular flexibility index (Phi) is 16.5. The van der Waals surface area contributed by atoms with Crippen molar-refractivity contribution in [2.45, 2.75) is 0 Å². The van der Waals surface area contributed by atoms with E-state index in [-0.39, 0.29) is 6.15 Å². The average molecular weight is 161 g/mol. The highest BCUT2D eigenvalue weighted by Gasteiger charge is 1.73. The summed E-state index contributed by atoms with van der Waals surface area (Å²) in [6.07, 6.45) is 1.67. The number of aliphatic carboxylic acids is 2. The fourth-order valence-corrected chi connectivity index (χ4v) is 0. The SMILES string of the molecule is C=CC(=O)O.C=CC(=O)O.N. The van der Waals surface area contributed by atoms with E-state index in [1.807, 2.05) is 0 Å². The van der Waals surface area contributed by atoms with Gasteiger partial charge in [-0.15, -0.1) is 0 Å². The van der Waals surface area contributed by atoms with Gasteiger partial charge in [0.05, 0.1) is 0 Å². The predicted molar refractivity (Wildman–Crippen MR) is 40.7 cm³/mol. The molecule has 0 aromatic rings. The summed E-state index contributed by atoms with van der Waals surface area (Å²) in [5.74, 6) is -1.96. The van der Waals surface area contributed by atoms with E-state index in [1.54, 1.807) is 0 Å². The molecule has 0 rings (SSSR count). The van der Waals surface area contributed by atoms with Gasteiger partial charge in [-0.3, -0.25) is 0 Å². The topological polar surface area (TPSA) is 110 Å². The van der Waals surface area contributed by atoms with E-state index in [1.165, 1.54) is 0 Å². The molecule has 0 heterocycles. The number of carboxylic acid groups (broad SMARTS) is 2. The Balaban J connectivity index is -0.000000107. The summed E-state index contributed by atoms with van der Waals surface area (Å²) >= 11 is 0. The Morgan fingerprint density at radius 3 is 1.09 bits per heavy atom.